The van der Waals surface area contributed by atoms with E-state index in [-0.39, 0.29) is 11.2 Å². The van der Waals surface area contributed by atoms with Crippen LogP contribution in [0.2, 0.25) is 0 Å². The molecule has 0 aliphatic heterocycles. The minimum Gasteiger partial charge on any atom is -0.207 e. The summed E-state index contributed by atoms with van der Waals surface area (Å²) in [5.41, 5.74) is 0.853. The van der Waals surface area contributed by atoms with E-state index in [1.54, 1.807) is 6.07 Å². The van der Waals surface area contributed by atoms with E-state index in [1.807, 2.05) is 12.1 Å². The van der Waals surface area contributed by atoms with Crippen LogP contribution in [0.3, 0.4) is 0 Å². The summed E-state index contributed by atoms with van der Waals surface area (Å²) in [6.07, 6.45) is 5.16. The van der Waals surface area contributed by atoms with Gasteiger partial charge in [-0.05, 0) is 36.3 Å². The Balaban J connectivity index is 2.82. The summed E-state index contributed by atoms with van der Waals surface area (Å²) in [6.45, 7) is 4.33. The molecule has 0 saturated heterocycles. The minimum absolute atomic E-state index is 0.0553. The molecule has 17 heavy (non-hydrogen) atoms. The number of rotatable bonds is 7. The summed E-state index contributed by atoms with van der Waals surface area (Å²) in [5.74, 6) is 0.504. The number of alkyl halides is 1. The van der Waals surface area contributed by atoms with Crippen molar-refractivity contribution in [2.45, 2.75) is 46.0 Å². The maximum absolute atomic E-state index is 13.7. The Kier molecular flexibility index (Phi) is 5.97. The Hall–Kier alpha value is -0.560. The van der Waals surface area contributed by atoms with Crippen LogP contribution in [-0.4, -0.2) is 5.88 Å². The van der Waals surface area contributed by atoms with Crippen molar-refractivity contribution in [2.75, 3.05) is 5.88 Å². The van der Waals surface area contributed by atoms with Gasteiger partial charge in [0, 0.05) is 5.88 Å². The standard InChI is InChI=1S/C15H22ClF/c1-3-5-10-15(4-2,12-16)11-13-8-6-7-9-14(13)17/h6-9H,3-5,10-12H2,1-2H3. The number of unbranched alkanes of at least 4 members (excludes halogenated alkanes) is 1. The SMILES string of the molecule is CCCCC(CC)(CCl)Cc1ccccc1F. The highest BCUT2D eigenvalue weighted by Crippen LogP contribution is 2.35. The Bertz CT molecular complexity index is 331. The van der Waals surface area contributed by atoms with Crippen LogP contribution in [-0.2, 0) is 6.42 Å². The lowest BCUT2D eigenvalue weighted by atomic mass is 9.77. The number of benzene rings is 1. The first-order chi connectivity index (χ1) is 8.17. The van der Waals surface area contributed by atoms with Gasteiger partial charge in [0.2, 0.25) is 0 Å². The molecule has 0 radical (unpaired) electrons. The average molecular weight is 257 g/mol. The minimum atomic E-state index is -0.105. The first-order valence-electron chi connectivity index (χ1n) is 6.47. The van der Waals surface area contributed by atoms with Gasteiger partial charge in [0.05, 0.1) is 0 Å². The van der Waals surface area contributed by atoms with Crippen molar-refractivity contribution in [3.63, 3.8) is 0 Å². The first kappa shape index (κ1) is 14.5. The molecule has 2 heteroatoms. The molecule has 0 nitrogen and oxygen atoms in total. The molecular weight excluding hydrogens is 235 g/mol. The number of hydrogen-bond donors (Lipinski definition) is 0. The lowest BCUT2D eigenvalue weighted by Crippen LogP contribution is -2.25. The van der Waals surface area contributed by atoms with Crippen molar-refractivity contribution in [1.82, 2.24) is 0 Å². The largest absolute Gasteiger partial charge is 0.207 e. The molecule has 0 spiro atoms. The normalized spacial score (nSPS) is 14.6. The highest BCUT2D eigenvalue weighted by Gasteiger charge is 2.27. The quantitative estimate of drug-likeness (QED) is 0.589. The smallest absolute Gasteiger partial charge is 0.126 e. The van der Waals surface area contributed by atoms with Crippen LogP contribution in [0.4, 0.5) is 4.39 Å². The second-order valence-electron chi connectivity index (χ2n) is 4.86. The molecule has 0 saturated carbocycles. The molecular formula is C15H22ClF. The van der Waals surface area contributed by atoms with E-state index < -0.39 is 0 Å². The van der Waals surface area contributed by atoms with Gasteiger partial charge in [-0.25, -0.2) is 4.39 Å². The van der Waals surface area contributed by atoms with Crippen molar-refractivity contribution < 1.29 is 4.39 Å². The molecule has 0 fully saturated rings. The van der Waals surface area contributed by atoms with E-state index in [2.05, 4.69) is 13.8 Å². The fourth-order valence-corrected chi connectivity index (χ4v) is 2.61. The Morgan fingerprint density at radius 3 is 2.47 bits per heavy atom. The van der Waals surface area contributed by atoms with Crippen LogP contribution < -0.4 is 0 Å². The second-order valence-corrected chi connectivity index (χ2v) is 5.13. The summed E-state index contributed by atoms with van der Waals surface area (Å²) in [7, 11) is 0. The predicted octanol–water partition coefficient (Wildman–Crippen LogP) is 5.19. The fourth-order valence-electron chi connectivity index (χ4n) is 2.20. The van der Waals surface area contributed by atoms with Crippen LogP contribution in [0.5, 0.6) is 0 Å². The van der Waals surface area contributed by atoms with Gasteiger partial charge in [-0.2, -0.15) is 0 Å². The van der Waals surface area contributed by atoms with Crippen LogP contribution in [0.15, 0.2) is 24.3 Å². The average Bonchev–Trinajstić information content (AvgIpc) is 2.37. The monoisotopic (exact) mass is 256 g/mol. The molecule has 0 N–H and O–H groups in total. The van der Waals surface area contributed by atoms with Gasteiger partial charge in [0.1, 0.15) is 5.82 Å². The fraction of sp³-hybridized carbons (Fsp3) is 0.600. The molecule has 0 aromatic heterocycles. The van der Waals surface area contributed by atoms with Gasteiger partial charge in [0.15, 0.2) is 0 Å². The number of hydrogen-bond acceptors (Lipinski definition) is 0. The molecule has 1 aromatic carbocycles. The van der Waals surface area contributed by atoms with E-state index in [4.69, 9.17) is 11.6 Å². The maximum atomic E-state index is 13.7. The third-order valence-corrected chi connectivity index (χ3v) is 4.18. The van der Waals surface area contributed by atoms with Gasteiger partial charge in [0.25, 0.3) is 0 Å². The van der Waals surface area contributed by atoms with Gasteiger partial charge in [-0.15, -0.1) is 11.6 Å². The third kappa shape index (κ3) is 3.99. The van der Waals surface area contributed by atoms with Crippen LogP contribution >= 0.6 is 11.6 Å². The molecule has 1 aromatic rings. The van der Waals surface area contributed by atoms with E-state index in [0.29, 0.717) is 5.88 Å². The van der Waals surface area contributed by atoms with Crippen molar-refractivity contribution in [2.24, 2.45) is 5.41 Å². The maximum Gasteiger partial charge on any atom is 0.126 e. The van der Waals surface area contributed by atoms with E-state index >= 15 is 0 Å². The lowest BCUT2D eigenvalue weighted by molar-refractivity contribution is 0.275. The van der Waals surface area contributed by atoms with Crippen LogP contribution in [0, 0.1) is 11.2 Å². The van der Waals surface area contributed by atoms with Gasteiger partial charge < -0.3 is 0 Å². The highest BCUT2D eigenvalue weighted by atomic mass is 35.5. The van der Waals surface area contributed by atoms with E-state index in [1.165, 1.54) is 6.07 Å². The molecule has 0 aliphatic rings. The summed E-state index contributed by atoms with van der Waals surface area (Å²) < 4.78 is 13.7. The second kappa shape index (κ2) is 7.00. The summed E-state index contributed by atoms with van der Waals surface area (Å²) >= 11 is 6.14. The summed E-state index contributed by atoms with van der Waals surface area (Å²) in [4.78, 5) is 0. The van der Waals surface area contributed by atoms with Gasteiger partial charge in [-0.3, -0.25) is 0 Å². The molecule has 0 amide bonds. The molecule has 0 heterocycles. The van der Waals surface area contributed by atoms with Crippen molar-refractivity contribution >= 4 is 11.6 Å². The van der Waals surface area contributed by atoms with Crippen LogP contribution in [0.1, 0.15) is 45.1 Å². The molecule has 0 bridgehead atoms. The van der Waals surface area contributed by atoms with Crippen molar-refractivity contribution in [1.29, 1.82) is 0 Å². The lowest BCUT2D eigenvalue weighted by Gasteiger charge is -2.31. The number of halogens is 2. The molecule has 1 atom stereocenters. The summed E-state index contributed by atoms with van der Waals surface area (Å²) in [6, 6.07) is 7.04. The Labute approximate surface area is 109 Å². The first-order valence-corrected chi connectivity index (χ1v) is 7.00. The Morgan fingerprint density at radius 1 is 1.24 bits per heavy atom. The van der Waals surface area contributed by atoms with Crippen LogP contribution in [0.25, 0.3) is 0 Å². The molecule has 1 unspecified atom stereocenters. The zero-order valence-electron chi connectivity index (χ0n) is 10.8. The Morgan fingerprint density at radius 2 is 1.94 bits per heavy atom. The topological polar surface area (TPSA) is 0 Å². The summed E-state index contributed by atoms with van der Waals surface area (Å²) in [5, 5.41) is 0. The highest BCUT2D eigenvalue weighted by molar-refractivity contribution is 6.18. The van der Waals surface area contributed by atoms with Gasteiger partial charge in [-0.1, -0.05) is 44.9 Å². The van der Waals surface area contributed by atoms with E-state index in [9.17, 15) is 4.39 Å². The van der Waals surface area contributed by atoms with Crippen molar-refractivity contribution in [3.05, 3.63) is 35.6 Å². The molecule has 0 aliphatic carbocycles. The van der Waals surface area contributed by atoms with E-state index in [0.717, 1.165) is 37.7 Å². The van der Waals surface area contributed by atoms with Crippen molar-refractivity contribution in [3.8, 4) is 0 Å². The molecule has 96 valence electrons. The molecule has 1 rings (SSSR count). The third-order valence-electron chi connectivity index (χ3n) is 3.62. The van der Waals surface area contributed by atoms with Gasteiger partial charge >= 0.3 is 0 Å². The zero-order chi connectivity index (χ0) is 12.7. The zero-order valence-corrected chi connectivity index (χ0v) is 11.6. The predicted molar refractivity (Wildman–Crippen MR) is 73.1 cm³/mol.